The van der Waals surface area contributed by atoms with Gasteiger partial charge in [-0.2, -0.15) is 0 Å². The lowest BCUT2D eigenvalue weighted by atomic mass is 9.73. The highest BCUT2D eigenvalue weighted by Gasteiger charge is 2.38. The highest BCUT2D eigenvalue weighted by Crippen LogP contribution is 2.35. The number of hydrogen-bond donors (Lipinski definition) is 4. The van der Waals surface area contributed by atoms with Gasteiger partial charge in [-0.1, -0.05) is 0 Å². The van der Waals surface area contributed by atoms with E-state index < -0.39 is 29.4 Å². The maximum Gasteiger partial charge on any atom is 0.223 e. The zero-order chi connectivity index (χ0) is 14.3. The van der Waals surface area contributed by atoms with Crippen LogP contribution in [0.4, 0.5) is 0 Å². The number of rotatable bonds is 9. The lowest BCUT2D eigenvalue weighted by Crippen LogP contribution is -2.42. The number of primary amides is 2. The summed E-state index contributed by atoms with van der Waals surface area (Å²) in [6, 6.07) is 0. The van der Waals surface area contributed by atoms with Gasteiger partial charge in [-0.3, -0.25) is 9.59 Å². The van der Waals surface area contributed by atoms with Crippen LogP contribution in [0.15, 0.2) is 0 Å². The van der Waals surface area contributed by atoms with Gasteiger partial charge < -0.3 is 21.7 Å². The molecule has 0 fully saturated rings. The van der Waals surface area contributed by atoms with E-state index in [1.165, 1.54) is 0 Å². The molecule has 6 nitrogen and oxygen atoms in total. The molecule has 0 aromatic heterocycles. The fourth-order valence-corrected chi connectivity index (χ4v) is 2.34. The summed E-state index contributed by atoms with van der Waals surface area (Å²) >= 11 is 0. The molecule has 0 heterocycles. The van der Waals surface area contributed by atoms with Crippen LogP contribution in [0.3, 0.4) is 0 Å². The molecular weight excluding hydrogens is 236 g/mol. The van der Waals surface area contributed by atoms with Crippen molar-refractivity contribution < 1.29 is 19.8 Å². The zero-order valence-electron chi connectivity index (χ0n) is 11.1. The summed E-state index contributed by atoms with van der Waals surface area (Å²) in [4.78, 5) is 22.4. The number of carbonyl (C=O) groups excluding carboxylic acids is 2. The molecule has 0 rings (SSSR count). The molecule has 0 saturated carbocycles. The molecule has 0 aliphatic heterocycles. The van der Waals surface area contributed by atoms with Crippen molar-refractivity contribution in [3.8, 4) is 0 Å². The van der Waals surface area contributed by atoms with Gasteiger partial charge in [0, 0.05) is 6.42 Å². The molecule has 6 N–H and O–H groups in total. The van der Waals surface area contributed by atoms with Crippen LogP contribution in [0.5, 0.6) is 0 Å². The van der Waals surface area contributed by atoms with Crippen molar-refractivity contribution in [1.29, 1.82) is 0 Å². The summed E-state index contributed by atoms with van der Waals surface area (Å²) in [5, 5.41) is 19.0. The first-order valence-corrected chi connectivity index (χ1v) is 6.14. The topological polar surface area (TPSA) is 127 Å². The molecule has 0 aromatic carbocycles. The van der Waals surface area contributed by atoms with Crippen molar-refractivity contribution >= 4 is 11.8 Å². The molecule has 0 saturated heterocycles. The van der Waals surface area contributed by atoms with E-state index in [9.17, 15) is 19.8 Å². The molecule has 2 atom stereocenters. The predicted octanol–water partition coefficient (Wildman–Crippen LogP) is -0.344. The van der Waals surface area contributed by atoms with E-state index in [2.05, 4.69) is 0 Å². The first kappa shape index (κ1) is 16.9. The Morgan fingerprint density at radius 1 is 1.11 bits per heavy atom. The molecule has 106 valence electrons. The molecule has 0 aliphatic rings. The summed E-state index contributed by atoms with van der Waals surface area (Å²) in [6.45, 7) is 3.13. The quantitative estimate of drug-likeness (QED) is 0.452. The van der Waals surface area contributed by atoms with Gasteiger partial charge in [0.2, 0.25) is 11.8 Å². The molecule has 6 heteroatoms. The van der Waals surface area contributed by atoms with Crippen molar-refractivity contribution in [1.82, 2.24) is 0 Å². The van der Waals surface area contributed by atoms with E-state index in [0.717, 1.165) is 0 Å². The molecule has 2 unspecified atom stereocenters. The van der Waals surface area contributed by atoms with Crippen molar-refractivity contribution in [3.05, 3.63) is 0 Å². The van der Waals surface area contributed by atoms with Crippen LogP contribution < -0.4 is 11.5 Å². The van der Waals surface area contributed by atoms with Gasteiger partial charge in [0.1, 0.15) is 0 Å². The first-order valence-electron chi connectivity index (χ1n) is 6.14. The van der Waals surface area contributed by atoms with Gasteiger partial charge in [-0.15, -0.1) is 0 Å². The van der Waals surface area contributed by atoms with E-state index in [0.29, 0.717) is 12.8 Å². The minimum absolute atomic E-state index is 0.161. The van der Waals surface area contributed by atoms with Crippen LogP contribution in [0, 0.1) is 5.41 Å². The monoisotopic (exact) mass is 260 g/mol. The lowest BCUT2D eigenvalue weighted by molar-refractivity contribution is -0.132. The van der Waals surface area contributed by atoms with Crippen molar-refractivity contribution in [2.75, 3.05) is 0 Å². The number of aliphatic hydroxyl groups excluding tert-OH is 2. The normalized spacial score (nSPS) is 17.8. The number of amides is 2. The van der Waals surface area contributed by atoms with Gasteiger partial charge >= 0.3 is 0 Å². The molecule has 0 bridgehead atoms. The van der Waals surface area contributed by atoms with Gasteiger partial charge in [-0.25, -0.2) is 0 Å². The Hall–Kier alpha value is -1.14. The van der Waals surface area contributed by atoms with Crippen LogP contribution in [-0.4, -0.2) is 34.2 Å². The zero-order valence-corrected chi connectivity index (χ0v) is 11.1. The number of aliphatic hydroxyl groups is 2. The molecule has 18 heavy (non-hydrogen) atoms. The maximum absolute atomic E-state index is 11.7. The number of hydrogen-bond acceptors (Lipinski definition) is 4. The molecule has 2 amide bonds. The smallest absolute Gasteiger partial charge is 0.223 e. The molecule has 0 aliphatic carbocycles. The van der Waals surface area contributed by atoms with E-state index in [1.54, 1.807) is 13.8 Å². The molecule has 0 radical (unpaired) electrons. The maximum atomic E-state index is 11.7. The third-order valence-corrected chi connectivity index (χ3v) is 2.97. The Morgan fingerprint density at radius 2 is 1.56 bits per heavy atom. The average Bonchev–Trinajstić information content (AvgIpc) is 2.13. The van der Waals surface area contributed by atoms with Crippen molar-refractivity contribution in [2.45, 2.75) is 58.2 Å². The van der Waals surface area contributed by atoms with Gasteiger partial charge in [0.25, 0.3) is 0 Å². The molecular formula is C12H24N2O4. The summed E-state index contributed by atoms with van der Waals surface area (Å²) < 4.78 is 0. The van der Waals surface area contributed by atoms with Crippen LogP contribution in [-0.2, 0) is 9.59 Å². The minimum Gasteiger partial charge on any atom is -0.393 e. The van der Waals surface area contributed by atoms with Crippen molar-refractivity contribution in [2.24, 2.45) is 16.9 Å². The number of carbonyl (C=O) groups is 2. The highest BCUT2D eigenvalue weighted by molar-refractivity contribution is 5.81. The summed E-state index contributed by atoms with van der Waals surface area (Å²) in [6.07, 6.45) is -0.152. The van der Waals surface area contributed by atoms with Gasteiger partial charge in [-0.05, 0) is 39.5 Å². The largest absolute Gasteiger partial charge is 0.393 e. The summed E-state index contributed by atoms with van der Waals surface area (Å²) in [5.41, 5.74) is 9.47. The SMILES string of the molecule is CC(O)CC(CCCC(N)=O)(CC(C)O)C(N)=O. The second-order valence-corrected chi connectivity index (χ2v) is 5.07. The van der Waals surface area contributed by atoms with Crippen molar-refractivity contribution in [3.63, 3.8) is 0 Å². The van der Waals surface area contributed by atoms with Gasteiger partial charge in [0.05, 0.1) is 17.6 Å². The predicted molar refractivity (Wildman–Crippen MR) is 67.3 cm³/mol. The second-order valence-electron chi connectivity index (χ2n) is 5.07. The van der Waals surface area contributed by atoms with E-state index >= 15 is 0 Å². The molecule has 0 spiro atoms. The Balaban J connectivity index is 4.82. The Bertz CT molecular complexity index is 280. The fraction of sp³-hybridized carbons (Fsp3) is 0.833. The first-order chi connectivity index (χ1) is 8.19. The number of nitrogens with two attached hydrogens (primary N) is 2. The Morgan fingerprint density at radius 3 is 1.83 bits per heavy atom. The third kappa shape index (κ3) is 5.97. The van der Waals surface area contributed by atoms with Gasteiger partial charge in [0.15, 0.2) is 0 Å². The fourth-order valence-electron chi connectivity index (χ4n) is 2.34. The van der Waals surface area contributed by atoms with Crippen LogP contribution in [0.2, 0.25) is 0 Å². The molecule has 0 aromatic rings. The van der Waals surface area contributed by atoms with Crippen LogP contribution >= 0.6 is 0 Å². The highest BCUT2D eigenvalue weighted by atomic mass is 16.3. The van der Waals surface area contributed by atoms with E-state index in [-0.39, 0.29) is 19.3 Å². The standard InChI is InChI=1S/C12H24N2O4/c1-8(15)6-12(11(14)18,7-9(2)16)5-3-4-10(13)17/h8-9,15-16H,3-7H2,1-2H3,(H2,13,17)(H2,14,18). The summed E-state index contributed by atoms with van der Waals surface area (Å²) in [7, 11) is 0. The third-order valence-electron chi connectivity index (χ3n) is 2.97. The van der Waals surface area contributed by atoms with Crippen LogP contribution in [0.1, 0.15) is 46.0 Å². The Kier molecular flexibility index (Phi) is 6.86. The summed E-state index contributed by atoms with van der Waals surface area (Å²) in [5.74, 6) is -1.00. The van der Waals surface area contributed by atoms with Crippen LogP contribution in [0.25, 0.3) is 0 Å². The Labute approximate surface area is 107 Å². The average molecular weight is 260 g/mol. The lowest BCUT2D eigenvalue weighted by Gasteiger charge is -2.33. The van der Waals surface area contributed by atoms with E-state index in [1.807, 2.05) is 0 Å². The van der Waals surface area contributed by atoms with E-state index in [4.69, 9.17) is 11.5 Å². The minimum atomic E-state index is -0.988. The second kappa shape index (κ2) is 7.33.